The van der Waals surface area contributed by atoms with E-state index in [1.165, 1.54) is 30.6 Å². The van der Waals surface area contributed by atoms with Gasteiger partial charge in [-0.15, -0.1) is 11.3 Å². The highest BCUT2D eigenvalue weighted by molar-refractivity contribution is 9.09. The minimum atomic E-state index is -0.479. The van der Waals surface area contributed by atoms with Crippen LogP contribution in [0.4, 0.5) is 4.39 Å². The number of nitrogens with zero attached hydrogens (tertiary/aromatic N) is 1. The molecule has 2 heterocycles. The third-order valence-corrected chi connectivity index (χ3v) is 5.06. The van der Waals surface area contributed by atoms with Crippen molar-refractivity contribution in [3.63, 3.8) is 0 Å². The number of carbonyl (C=O) groups is 1. The first-order valence-electron chi connectivity index (χ1n) is 5.76. The molecular weight excluding hydrogens is 349 g/mol. The van der Waals surface area contributed by atoms with Gasteiger partial charge in [0.15, 0.2) is 0 Å². The van der Waals surface area contributed by atoms with E-state index in [0.29, 0.717) is 23.6 Å². The second-order valence-electron chi connectivity index (χ2n) is 4.14. The average Bonchev–Trinajstić information content (AvgIpc) is 2.84. The molecule has 1 aromatic carbocycles. The fraction of sp³-hybridized carbons (Fsp3) is 0.231. The molecule has 1 aromatic heterocycles. The molecule has 0 saturated heterocycles. The van der Waals surface area contributed by atoms with Crippen LogP contribution in [0.2, 0.25) is 0 Å². The van der Waals surface area contributed by atoms with Gasteiger partial charge in [-0.2, -0.15) is 0 Å². The van der Waals surface area contributed by atoms with Crippen molar-refractivity contribution in [1.29, 1.82) is 0 Å². The Labute approximate surface area is 126 Å². The molecule has 0 N–H and O–H groups in total. The van der Waals surface area contributed by atoms with Crippen molar-refractivity contribution < 1.29 is 18.7 Å². The predicted octanol–water partition coefficient (Wildman–Crippen LogP) is 3.56. The lowest BCUT2D eigenvalue weighted by molar-refractivity contribution is 0.0600. The molecule has 2 aromatic rings. The zero-order valence-corrected chi connectivity index (χ0v) is 12.8. The number of ether oxygens (including phenoxy) is 2. The molecule has 4 nitrogen and oxygen atoms in total. The minimum absolute atomic E-state index is 0.108. The molecule has 104 valence electrons. The molecule has 0 aliphatic carbocycles. The smallest absolute Gasteiger partial charge is 0.367 e. The Morgan fingerprint density at radius 2 is 2.40 bits per heavy atom. The van der Waals surface area contributed by atoms with E-state index in [4.69, 9.17) is 9.47 Å². The van der Waals surface area contributed by atoms with Crippen LogP contribution < -0.4 is 4.74 Å². The van der Waals surface area contributed by atoms with Crippen LogP contribution in [0.25, 0.3) is 11.3 Å². The van der Waals surface area contributed by atoms with Crippen molar-refractivity contribution in [2.45, 2.75) is 4.83 Å². The first-order chi connectivity index (χ1) is 9.60. The Morgan fingerprint density at radius 3 is 3.15 bits per heavy atom. The van der Waals surface area contributed by atoms with Crippen molar-refractivity contribution in [3.05, 3.63) is 33.9 Å². The molecule has 7 heteroatoms. The summed E-state index contributed by atoms with van der Waals surface area (Å²) in [5.41, 5.74) is 1.31. The maximum absolute atomic E-state index is 13.3. The summed E-state index contributed by atoms with van der Waals surface area (Å²) in [7, 11) is 1.31. The van der Waals surface area contributed by atoms with Crippen LogP contribution in [-0.2, 0) is 4.74 Å². The molecule has 1 atom stereocenters. The van der Waals surface area contributed by atoms with Crippen LogP contribution in [0.5, 0.6) is 5.75 Å². The SMILES string of the molecule is COC(=O)c1nc2c(s1)C(Br)COc1cc(F)ccc1-2. The van der Waals surface area contributed by atoms with Crippen LogP contribution in [0.3, 0.4) is 0 Å². The van der Waals surface area contributed by atoms with E-state index in [0.717, 1.165) is 4.88 Å². The van der Waals surface area contributed by atoms with Crippen molar-refractivity contribution in [2.24, 2.45) is 0 Å². The highest BCUT2D eigenvalue weighted by Gasteiger charge is 2.28. The minimum Gasteiger partial charge on any atom is -0.491 e. The summed E-state index contributed by atoms with van der Waals surface area (Å²) in [6.07, 6.45) is 0. The van der Waals surface area contributed by atoms with Crippen LogP contribution in [0.1, 0.15) is 19.5 Å². The number of carbonyl (C=O) groups excluding carboxylic acids is 1. The Kier molecular flexibility index (Phi) is 3.47. The van der Waals surface area contributed by atoms with E-state index in [-0.39, 0.29) is 15.7 Å². The van der Waals surface area contributed by atoms with Gasteiger partial charge in [0.25, 0.3) is 0 Å². The first kappa shape index (κ1) is 13.5. The third-order valence-electron chi connectivity index (χ3n) is 2.88. The highest BCUT2D eigenvalue weighted by Crippen LogP contribution is 2.43. The van der Waals surface area contributed by atoms with Gasteiger partial charge in [0.2, 0.25) is 5.01 Å². The molecule has 0 radical (unpaired) electrons. The van der Waals surface area contributed by atoms with Gasteiger partial charge < -0.3 is 9.47 Å². The number of benzene rings is 1. The van der Waals surface area contributed by atoms with Gasteiger partial charge in [-0.05, 0) is 12.1 Å². The summed E-state index contributed by atoms with van der Waals surface area (Å²) < 4.78 is 23.6. The number of alkyl halides is 1. The Balaban J connectivity index is 2.19. The second-order valence-corrected chi connectivity index (χ2v) is 6.28. The number of rotatable bonds is 1. The molecule has 20 heavy (non-hydrogen) atoms. The topological polar surface area (TPSA) is 48.4 Å². The number of hydrogen-bond acceptors (Lipinski definition) is 5. The third kappa shape index (κ3) is 2.20. The maximum Gasteiger partial charge on any atom is 0.367 e. The normalized spacial score (nSPS) is 16.6. The van der Waals surface area contributed by atoms with Crippen LogP contribution >= 0.6 is 27.3 Å². The molecule has 3 rings (SSSR count). The highest BCUT2D eigenvalue weighted by atomic mass is 79.9. The zero-order valence-electron chi connectivity index (χ0n) is 10.4. The van der Waals surface area contributed by atoms with Crippen molar-refractivity contribution in [1.82, 2.24) is 4.98 Å². The number of halogens is 2. The monoisotopic (exact) mass is 357 g/mol. The lowest BCUT2D eigenvalue weighted by atomic mass is 10.1. The van der Waals surface area contributed by atoms with Gasteiger partial charge >= 0.3 is 5.97 Å². The maximum atomic E-state index is 13.3. The zero-order chi connectivity index (χ0) is 14.3. The lowest BCUT2D eigenvalue weighted by Crippen LogP contribution is -2.02. The molecule has 0 saturated carbocycles. The largest absolute Gasteiger partial charge is 0.491 e. The predicted molar refractivity (Wildman–Crippen MR) is 76.0 cm³/mol. The molecule has 0 bridgehead atoms. The van der Waals surface area contributed by atoms with E-state index >= 15 is 0 Å². The van der Waals surface area contributed by atoms with Crippen molar-refractivity contribution in [3.8, 4) is 17.0 Å². The van der Waals surface area contributed by atoms with Gasteiger partial charge in [-0.25, -0.2) is 14.2 Å². The molecule has 0 fully saturated rings. The molecule has 0 spiro atoms. The van der Waals surface area contributed by atoms with Crippen molar-refractivity contribution >= 4 is 33.2 Å². The number of thiazole rings is 1. The number of methoxy groups -OCH3 is 1. The Bertz CT molecular complexity index is 688. The fourth-order valence-corrected chi connectivity index (χ4v) is 3.55. The molecule has 1 aliphatic rings. The summed E-state index contributed by atoms with van der Waals surface area (Å²) in [5.74, 6) is -0.427. The quantitative estimate of drug-likeness (QED) is 0.578. The number of hydrogen-bond donors (Lipinski definition) is 0. The first-order valence-corrected chi connectivity index (χ1v) is 7.49. The Hall–Kier alpha value is -1.47. The van der Waals surface area contributed by atoms with Gasteiger partial charge in [0.1, 0.15) is 18.2 Å². The fourth-order valence-electron chi connectivity index (χ4n) is 1.96. The van der Waals surface area contributed by atoms with Gasteiger partial charge in [0.05, 0.1) is 22.5 Å². The summed E-state index contributed by atoms with van der Waals surface area (Å²) in [6, 6.07) is 4.27. The lowest BCUT2D eigenvalue weighted by Gasteiger charge is -2.07. The summed E-state index contributed by atoms with van der Waals surface area (Å²) >= 11 is 4.75. The van der Waals surface area contributed by atoms with Crippen LogP contribution in [-0.4, -0.2) is 24.7 Å². The van der Waals surface area contributed by atoms with E-state index in [1.807, 2.05) is 0 Å². The van der Waals surface area contributed by atoms with Crippen LogP contribution in [0, 0.1) is 5.82 Å². The van der Waals surface area contributed by atoms with E-state index < -0.39 is 5.97 Å². The van der Waals surface area contributed by atoms with E-state index in [1.54, 1.807) is 6.07 Å². The molecule has 0 amide bonds. The van der Waals surface area contributed by atoms with E-state index in [2.05, 4.69) is 20.9 Å². The molecular formula is C13H9BrFNO3S. The van der Waals surface area contributed by atoms with Crippen molar-refractivity contribution in [2.75, 3.05) is 13.7 Å². The summed E-state index contributed by atoms with van der Waals surface area (Å²) in [6.45, 7) is 0.340. The average molecular weight is 358 g/mol. The standard InChI is InChI=1S/C13H9BrFNO3S/c1-18-13(17)12-16-10-7-3-2-6(15)4-9(7)19-5-8(14)11(10)20-12/h2-4,8H,5H2,1H3. The number of fused-ring (bicyclic) bond motifs is 3. The Morgan fingerprint density at radius 1 is 1.60 bits per heavy atom. The molecule has 1 unspecified atom stereocenters. The summed E-state index contributed by atoms with van der Waals surface area (Å²) in [4.78, 5) is 16.7. The number of esters is 1. The van der Waals surface area contributed by atoms with Gasteiger partial charge in [0, 0.05) is 11.6 Å². The second kappa shape index (κ2) is 5.14. The molecule has 1 aliphatic heterocycles. The number of aromatic nitrogens is 1. The van der Waals surface area contributed by atoms with E-state index in [9.17, 15) is 9.18 Å². The van der Waals surface area contributed by atoms with Gasteiger partial charge in [-0.3, -0.25) is 0 Å². The summed E-state index contributed by atoms with van der Waals surface area (Å²) in [5, 5.41) is 0.277. The van der Waals surface area contributed by atoms with Gasteiger partial charge in [-0.1, -0.05) is 15.9 Å². The van der Waals surface area contributed by atoms with Crippen LogP contribution in [0.15, 0.2) is 18.2 Å².